The molecule has 24 heavy (non-hydrogen) atoms. The third-order valence-corrected chi connectivity index (χ3v) is 6.18. The van der Waals surface area contributed by atoms with Gasteiger partial charge in [0, 0.05) is 13.8 Å². The molecule has 0 fully saturated rings. The molecule has 4 atom stereocenters. The van der Waals surface area contributed by atoms with E-state index in [1.165, 1.54) is 0 Å². The highest BCUT2D eigenvalue weighted by molar-refractivity contribution is 7.52. The third kappa shape index (κ3) is 7.74. The number of carbonyl (C=O) groups is 1. The second-order valence-corrected chi connectivity index (χ2v) is 8.27. The summed E-state index contributed by atoms with van der Waals surface area (Å²) >= 11 is 0. The van der Waals surface area contributed by atoms with Crippen molar-refractivity contribution in [3.63, 3.8) is 0 Å². The minimum absolute atomic E-state index is 0.0319. The molecule has 1 aromatic rings. The zero-order valence-electron chi connectivity index (χ0n) is 15.5. The molecule has 0 N–H and O–H groups in total. The van der Waals surface area contributed by atoms with E-state index in [9.17, 15) is 4.79 Å². The van der Waals surface area contributed by atoms with Crippen LogP contribution in [0, 0.1) is 0 Å². The van der Waals surface area contributed by atoms with E-state index in [4.69, 9.17) is 14.0 Å². The van der Waals surface area contributed by atoms with Crippen molar-refractivity contribution in [2.75, 3.05) is 19.9 Å². The van der Waals surface area contributed by atoms with Crippen molar-refractivity contribution in [3.05, 3.63) is 35.9 Å². The van der Waals surface area contributed by atoms with E-state index in [-0.39, 0.29) is 24.8 Å². The Morgan fingerprint density at radius 1 is 1.08 bits per heavy atom. The molecular weight excluding hydrogens is 323 g/mol. The molecular formula is C19H31O4P. The van der Waals surface area contributed by atoms with E-state index in [1.807, 2.05) is 25.1 Å². The predicted octanol–water partition coefficient (Wildman–Crippen LogP) is 4.87. The predicted molar refractivity (Wildman–Crippen MR) is 99.9 cm³/mol. The molecule has 5 heteroatoms. The largest absolute Gasteiger partial charge is 0.459 e. The zero-order chi connectivity index (χ0) is 17.9. The van der Waals surface area contributed by atoms with Gasteiger partial charge in [0.05, 0.1) is 24.4 Å². The first-order valence-electron chi connectivity index (χ1n) is 8.71. The number of hydrogen-bond acceptors (Lipinski definition) is 4. The Morgan fingerprint density at radius 3 is 2.33 bits per heavy atom. The van der Waals surface area contributed by atoms with E-state index in [0.717, 1.165) is 12.8 Å². The molecule has 0 aromatic heterocycles. The highest BCUT2D eigenvalue weighted by Crippen LogP contribution is 2.39. The fourth-order valence-electron chi connectivity index (χ4n) is 2.06. The summed E-state index contributed by atoms with van der Waals surface area (Å²) in [5.74, 6) is -0.316. The molecule has 0 radical (unpaired) electrons. The Balaban J connectivity index is 2.33. The second kappa shape index (κ2) is 11.6. The fraction of sp³-hybridized carbons (Fsp3) is 0.632. The van der Waals surface area contributed by atoms with Crippen LogP contribution in [0.15, 0.2) is 30.3 Å². The molecule has 0 aliphatic heterocycles. The average molecular weight is 354 g/mol. The van der Waals surface area contributed by atoms with Gasteiger partial charge in [-0.25, -0.2) is 4.79 Å². The summed E-state index contributed by atoms with van der Waals surface area (Å²) in [4.78, 5) is 11.9. The van der Waals surface area contributed by atoms with E-state index in [2.05, 4.69) is 27.4 Å². The van der Waals surface area contributed by atoms with Gasteiger partial charge in [0.15, 0.2) is 0 Å². The Bertz CT molecular complexity index is 466. The summed E-state index contributed by atoms with van der Waals surface area (Å²) in [7, 11) is -0.419. The van der Waals surface area contributed by atoms with E-state index >= 15 is 0 Å². The van der Waals surface area contributed by atoms with Crippen molar-refractivity contribution in [2.24, 2.45) is 0 Å². The third-order valence-electron chi connectivity index (χ3n) is 4.01. The second-order valence-electron chi connectivity index (χ2n) is 6.04. The zero-order valence-corrected chi connectivity index (χ0v) is 16.4. The highest BCUT2D eigenvalue weighted by Gasteiger charge is 2.17. The first-order valence-corrected chi connectivity index (χ1v) is 10.5. The topological polar surface area (TPSA) is 44.8 Å². The van der Waals surface area contributed by atoms with Gasteiger partial charge in [-0.15, -0.1) is 0 Å². The summed E-state index contributed by atoms with van der Waals surface area (Å²) in [6.07, 6.45) is 1.88. The Labute approximate surface area is 147 Å². The lowest BCUT2D eigenvalue weighted by Gasteiger charge is -2.25. The van der Waals surface area contributed by atoms with Crippen molar-refractivity contribution in [2.45, 2.75) is 58.4 Å². The van der Waals surface area contributed by atoms with Crippen LogP contribution < -0.4 is 0 Å². The molecule has 0 heterocycles. The molecule has 1 rings (SSSR count). The van der Waals surface area contributed by atoms with Crippen LogP contribution in [0.5, 0.6) is 0 Å². The molecule has 4 nitrogen and oxygen atoms in total. The van der Waals surface area contributed by atoms with Crippen molar-refractivity contribution in [1.29, 1.82) is 0 Å². The maximum Gasteiger partial charge on any atom is 0.338 e. The molecule has 136 valence electrons. The first-order chi connectivity index (χ1) is 11.5. The van der Waals surface area contributed by atoms with E-state index in [1.54, 1.807) is 12.1 Å². The van der Waals surface area contributed by atoms with Gasteiger partial charge in [-0.2, -0.15) is 0 Å². The molecule has 4 unspecified atom stereocenters. The van der Waals surface area contributed by atoms with E-state index < -0.39 is 8.15 Å². The summed E-state index contributed by atoms with van der Waals surface area (Å²) in [5.41, 5.74) is 1.16. The quantitative estimate of drug-likeness (QED) is 0.420. The Kier molecular flexibility index (Phi) is 10.2. The summed E-state index contributed by atoms with van der Waals surface area (Å²) in [6, 6.07) is 9.00. The molecule has 0 spiro atoms. The van der Waals surface area contributed by atoms with Crippen LogP contribution in [0.25, 0.3) is 0 Å². The highest BCUT2D eigenvalue weighted by atomic mass is 31.1. The lowest BCUT2D eigenvalue weighted by molar-refractivity contribution is -0.0532. The molecule has 0 aliphatic carbocycles. The van der Waals surface area contributed by atoms with Gasteiger partial charge in [0.25, 0.3) is 0 Å². The van der Waals surface area contributed by atoms with Gasteiger partial charge in [-0.05, 0) is 38.6 Å². The van der Waals surface area contributed by atoms with E-state index in [0.29, 0.717) is 17.8 Å². The number of hydrogen-bond donors (Lipinski definition) is 0. The van der Waals surface area contributed by atoms with Crippen LogP contribution in [0.2, 0.25) is 0 Å². The summed E-state index contributed by atoms with van der Waals surface area (Å²) in [5, 5.41) is 0. The lowest BCUT2D eigenvalue weighted by atomic mass is 10.2. The molecule has 0 aliphatic rings. The number of esters is 1. The number of rotatable bonds is 11. The number of ether oxygens (including phenoxy) is 2. The summed E-state index contributed by atoms with van der Waals surface area (Å²) < 4.78 is 17.2. The van der Waals surface area contributed by atoms with Gasteiger partial charge in [0.2, 0.25) is 0 Å². The van der Waals surface area contributed by atoms with Crippen molar-refractivity contribution >= 4 is 14.1 Å². The fourth-order valence-corrected chi connectivity index (χ4v) is 3.23. The Hall–Kier alpha value is -0.960. The normalized spacial score (nSPS) is 16.2. The minimum atomic E-state index is -0.419. The monoisotopic (exact) mass is 354 g/mol. The summed E-state index contributed by atoms with van der Waals surface area (Å²) in [6.45, 7) is 11.4. The van der Waals surface area contributed by atoms with Gasteiger partial charge in [0.1, 0.15) is 6.61 Å². The van der Waals surface area contributed by atoms with Crippen LogP contribution in [0.4, 0.5) is 0 Å². The van der Waals surface area contributed by atoms with Crippen LogP contribution in [0.3, 0.4) is 0 Å². The molecule has 0 saturated carbocycles. The van der Waals surface area contributed by atoms with Crippen LogP contribution in [0.1, 0.15) is 50.9 Å². The molecule has 1 aromatic carbocycles. The van der Waals surface area contributed by atoms with Gasteiger partial charge >= 0.3 is 5.97 Å². The lowest BCUT2D eigenvalue weighted by Crippen LogP contribution is -2.28. The molecule has 0 bridgehead atoms. The average Bonchev–Trinajstić information content (AvgIpc) is 2.62. The van der Waals surface area contributed by atoms with Crippen molar-refractivity contribution < 1.29 is 18.8 Å². The maximum atomic E-state index is 11.9. The maximum absolute atomic E-state index is 11.9. The van der Waals surface area contributed by atoms with Crippen LogP contribution in [-0.2, 0) is 14.0 Å². The minimum Gasteiger partial charge on any atom is -0.459 e. The number of carbonyl (C=O) groups excluding carboxylic acids is 1. The SMILES string of the molecule is CCC(COP(C)C(C)CC)OC(C)COC(=O)c1ccccc1. The van der Waals surface area contributed by atoms with Crippen LogP contribution >= 0.6 is 8.15 Å². The standard InChI is InChI=1S/C19H31O4P/c1-6-16(4)24(5)22-14-18(7-2)23-15(3)13-21-19(20)17-11-9-8-10-12-17/h8-12,15-16,18H,6-7,13-14H2,1-5H3. The molecule has 0 saturated heterocycles. The molecule has 0 amide bonds. The van der Waals surface area contributed by atoms with Crippen LogP contribution in [-0.4, -0.2) is 43.7 Å². The van der Waals surface area contributed by atoms with Gasteiger partial charge < -0.3 is 14.0 Å². The van der Waals surface area contributed by atoms with Crippen molar-refractivity contribution in [3.8, 4) is 0 Å². The number of benzene rings is 1. The van der Waals surface area contributed by atoms with Crippen molar-refractivity contribution in [1.82, 2.24) is 0 Å². The first kappa shape index (κ1) is 21.1. The smallest absolute Gasteiger partial charge is 0.338 e. The van der Waals surface area contributed by atoms with Gasteiger partial charge in [-0.1, -0.05) is 39.0 Å². The van der Waals surface area contributed by atoms with Gasteiger partial charge in [-0.3, -0.25) is 0 Å². The Morgan fingerprint density at radius 2 is 1.75 bits per heavy atom.